The zero-order valence-electron chi connectivity index (χ0n) is 18.0. The number of anilines is 1. The summed E-state index contributed by atoms with van der Waals surface area (Å²) in [4.78, 5) is 16.7. The van der Waals surface area contributed by atoms with Gasteiger partial charge < -0.3 is 19.5 Å². The van der Waals surface area contributed by atoms with Crippen molar-refractivity contribution in [3.63, 3.8) is 0 Å². The van der Waals surface area contributed by atoms with Gasteiger partial charge in [0.05, 0.1) is 25.5 Å². The van der Waals surface area contributed by atoms with Crippen LogP contribution in [0.1, 0.15) is 37.7 Å². The van der Waals surface area contributed by atoms with Crippen LogP contribution in [0.2, 0.25) is 0 Å². The van der Waals surface area contributed by atoms with E-state index in [1.54, 1.807) is 4.57 Å². The number of hydrogen-bond donors (Lipinski definition) is 1. The van der Waals surface area contributed by atoms with Crippen LogP contribution in [-0.2, 0) is 22.4 Å². The van der Waals surface area contributed by atoms with Gasteiger partial charge in [0.25, 0.3) is 0 Å². The summed E-state index contributed by atoms with van der Waals surface area (Å²) in [5, 5.41) is 3.64. The van der Waals surface area contributed by atoms with Crippen LogP contribution < -0.4 is 15.7 Å². The van der Waals surface area contributed by atoms with Gasteiger partial charge in [0.1, 0.15) is 12.7 Å². The maximum absolute atomic E-state index is 12.6. The summed E-state index contributed by atoms with van der Waals surface area (Å²) < 4.78 is 18.6. The number of benzene rings is 1. The molecule has 1 aromatic carbocycles. The summed E-state index contributed by atoms with van der Waals surface area (Å²) in [6, 6.07) is 8.35. The lowest BCUT2D eigenvalue weighted by Crippen LogP contribution is -2.34. The molecule has 0 spiro atoms. The summed E-state index contributed by atoms with van der Waals surface area (Å²) in [6.07, 6.45) is 7.48. The normalized spacial score (nSPS) is 21.2. The van der Waals surface area contributed by atoms with E-state index >= 15 is 0 Å². The lowest BCUT2D eigenvalue weighted by molar-refractivity contribution is -0.102. The molecular formula is C24H31N3O4. The predicted molar refractivity (Wildman–Crippen MR) is 119 cm³/mol. The smallest absolute Gasteiger partial charge is 0.351 e. The standard InChI is InChI=1S/C24H31N3O4/c28-24-26-23(31-16-20-15-29-10-11-30-20)13-22-21-7-6-19(12-18(21)8-9-27(22)24)25-14-17-4-2-1-3-5-17/h6-7,12-13,17,20,25H,1-5,8-11,14-16H2. The van der Waals surface area contributed by atoms with Crippen LogP contribution in [0.4, 0.5) is 5.69 Å². The molecule has 2 aliphatic heterocycles. The number of ether oxygens (including phenoxy) is 3. The highest BCUT2D eigenvalue weighted by Crippen LogP contribution is 2.32. The van der Waals surface area contributed by atoms with E-state index in [1.807, 2.05) is 6.07 Å². The van der Waals surface area contributed by atoms with Gasteiger partial charge in [0, 0.05) is 30.4 Å². The molecule has 2 aromatic rings. The number of nitrogens with one attached hydrogen (secondary N) is 1. The second kappa shape index (κ2) is 9.40. The van der Waals surface area contributed by atoms with E-state index < -0.39 is 0 Å². The fourth-order valence-electron chi connectivity index (χ4n) is 4.86. The Hall–Kier alpha value is -2.38. The van der Waals surface area contributed by atoms with Crippen LogP contribution in [-0.4, -0.2) is 48.6 Å². The molecule has 2 fully saturated rings. The Morgan fingerprint density at radius 3 is 2.90 bits per heavy atom. The quantitative estimate of drug-likeness (QED) is 0.766. The van der Waals surface area contributed by atoms with Crippen molar-refractivity contribution < 1.29 is 14.2 Å². The van der Waals surface area contributed by atoms with Gasteiger partial charge in [-0.15, -0.1) is 0 Å². The molecule has 1 unspecified atom stereocenters. The van der Waals surface area contributed by atoms with Gasteiger partial charge in [0.2, 0.25) is 5.88 Å². The third-order valence-electron chi connectivity index (χ3n) is 6.60. The molecule has 7 heteroatoms. The summed E-state index contributed by atoms with van der Waals surface area (Å²) in [6.45, 7) is 3.70. The predicted octanol–water partition coefficient (Wildman–Crippen LogP) is 3.25. The number of hydrogen-bond acceptors (Lipinski definition) is 6. The topological polar surface area (TPSA) is 74.6 Å². The molecule has 166 valence electrons. The second-order valence-corrected chi connectivity index (χ2v) is 8.80. The maximum Gasteiger partial charge on any atom is 0.351 e. The van der Waals surface area contributed by atoms with Gasteiger partial charge in [-0.3, -0.25) is 4.57 Å². The van der Waals surface area contributed by atoms with E-state index in [9.17, 15) is 4.79 Å². The number of fused-ring (bicyclic) bond motifs is 3. The minimum Gasteiger partial charge on any atom is -0.475 e. The number of nitrogens with zero attached hydrogens (tertiary/aromatic N) is 2. The highest BCUT2D eigenvalue weighted by atomic mass is 16.6. The fraction of sp³-hybridized carbons (Fsp3) is 0.583. The fourth-order valence-corrected chi connectivity index (χ4v) is 4.86. The Kier molecular flexibility index (Phi) is 6.22. The van der Waals surface area contributed by atoms with Crippen LogP contribution in [0.5, 0.6) is 5.88 Å². The zero-order chi connectivity index (χ0) is 21.0. The maximum atomic E-state index is 12.6. The first kappa shape index (κ1) is 20.5. The SMILES string of the molecule is O=c1nc(OCC2COCCO2)cc2n1CCc1cc(NCC3CCCCC3)ccc1-2. The van der Waals surface area contributed by atoms with Crippen molar-refractivity contribution in [2.75, 3.05) is 38.3 Å². The minimum atomic E-state index is -0.265. The van der Waals surface area contributed by atoms with Crippen LogP contribution in [0.25, 0.3) is 11.3 Å². The van der Waals surface area contributed by atoms with Crippen LogP contribution in [0, 0.1) is 5.92 Å². The van der Waals surface area contributed by atoms with Crippen molar-refractivity contribution in [3.05, 3.63) is 40.3 Å². The Morgan fingerprint density at radius 2 is 2.06 bits per heavy atom. The minimum absolute atomic E-state index is 0.126. The highest BCUT2D eigenvalue weighted by Gasteiger charge is 2.21. The molecule has 0 radical (unpaired) electrons. The monoisotopic (exact) mass is 425 g/mol. The lowest BCUT2D eigenvalue weighted by atomic mass is 9.89. The van der Waals surface area contributed by atoms with E-state index in [0.29, 0.717) is 38.9 Å². The molecule has 0 bridgehead atoms. The Bertz CT molecular complexity index is 962. The number of rotatable bonds is 6. The van der Waals surface area contributed by atoms with E-state index in [2.05, 4.69) is 28.5 Å². The van der Waals surface area contributed by atoms with Crippen molar-refractivity contribution in [1.82, 2.24) is 9.55 Å². The lowest BCUT2D eigenvalue weighted by Gasteiger charge is -2.25. The van der Waals surface area contributed by atoms with Crippen molar-refractivity contribution in [2.24, 2.45) is 5.92 Å². The van der Waals surface area contributed by atoms with E-state index in [-0.39, 0.29) is 11.8 Å². The number of aryl methyl sites for hydroxylation is 1. The van der Waals surface area contributed by atoms with E-state index in [0.717, 1.165) is 30.1 Å². The molecule has 1 atom stereocenters. The van der Waals surface area contributed by atoms with Gasteiger partial charge in [-0.1, -0.05) is 25.3 Å². The van der Waals surface area contributed by atoms with E-state index in [1.165, 1.54) is 43.4 Å². The molecular weight excluding hydrogens is 394 g/mol. The zero-order valence-corrected chi connectivity index (χ0v) is 18.0. The van der Waals surface area contributed by atoms with Crippen LogP contribution >= 0.6 is 0 Å². The molecule has 31 heavy (non-hydrogen) atoms. The summed E-state index contributed by atoms with van der Waals surface area (Å²) in [7, 11) is 0. The van der Waals surface area contributed by atoms with E-state index in [4.69, 9.17) is 14.2 Å². The molecule has 1 aliphatic carbocycles. The molecule has 0 amide bonds. The average Bonchev–Trinajstić information content (AvgIpc) is 2.82. The van der Waals surface area contributed by atoms with Crippen molar-refractivity contribution in [1.29, 1.82) is 0 Å². The molecule has 3 aliphatic rings. The Morgan fingerprint density at radius 1 is 1.16 bits per heavy atom. The van der Waals surface area contributed by atoms with Gasteiger partial charge in [-0.05, 0) is 42.9 Å². The van der Waals surface area contributed by atoms with Gasteiger partial charge in [-0.25, -0.2) is 4.79 Å². The Labute approximate surface area is 182 Å². The Balaban J connectivity index is 1.31. The average molecular weight is 426 g/mol. The highest BCUT2D eigenvalue weighted by molar-refractivity contribution is 5.69. The molecule has 1 aromatic heterocycles. The molecule has 1 saturated heterocycles. The second-order valence-electron chi connectivity index (χ2n) is 8.80. The molecule has 1 saturated carbocycles. The summed E-state index contributed by atoms with van der Waals surface area (Å²) >= 11 is 0. The third kappa shape index (κ3) is 4.77. The van der Waals surface area contributed by atoms with Crippen LogP contribution in [0.3, 0.4) is 0 Å². The largest absolute Gasteiger partial charge is 0.475 e. The van der Waals surface area contributed by atoms with Gasteiger partial charge in [-0.2, -0.15) is 4.98 Å². The summed E-state index contributed by atoms with van der Waals surface area (Å²) in [5.74, 6) is 1.13. The van der Waals surface area contributed by atoms with Gasteiger partial charge >= 0.3 is 5.69 Å². The first-order valence-electron chi connectivity index (χ1n) is 11.6. The molecule has 7 nitrogen and oxygen atoms in total. The van der Waals surface area contributed by atoms with Crippen molar-refractivity contribution in [2.45, 2.75) is 51.2 Å². The van der Waals surface area contributed by atoms with Crippen molar-refractivity contribution >= 4 is 5.69 Å². The first-order valence-corrected chi connectivity index (χ1v) is 11.6. The molecule has 3 heterocycles. The van der Waals surface area contributed by atoms with Crippen molar-refractivity contribution in [3.8, 4) is 17.1 Å². The van der Waals surface area contributed by atoms with Gasteiger partial charge in [0.15, 0.2) is 0 Å². The van der Waals surface area contributed by atoms with Crippen LogP contribution in [0.15, 0.2) is 29.1 Å². The third-order valence-corrected chi connectivity index (χ3v) is 6.60. The summed E-state index contributed by atoms with van der Waals surface area (Å²) in [5.41, 5.74) is 4.11. The molecule has 5 rings (SSSR count). The molecule has 1 N–H and O–H groups in total. The number of aromatic nitrogens is 2. The first-order chi connectivity index (χ1) is 15.3.